The van der Waals surface area contributed by atoms with Gasteiger partial charge < -0.3 is 31.3 Å². The Morgan fingerprint density at radius 1 is 1.06 bits per heavy atom. The van der Waals surface area contributed by atoms with Crippen LogP contribution in [0.4, 0.5) is 4.39 Å². The van der Waals surface area contributed by atoms with Crippen LogP contribution in [-0.4, -0.2) is 89.2 Å². The number of nitrogens with zero attached hydrogens (tertiary/aromatic N) is 2. The summed E-state index contributed by atoms with van der Waals surface area (Å²) in [5.41, 5.74) is 1.62. The molecule has 4 rings (SSSR count). The molecule has 2 aromatic rings. The van der Waals surface area contributed by atoms with E-state index in [9.17, 15) is 28.7 Å². The second kappa shape index (κ2) is 17.7. The lowest BCUT2D eigenvalue weighted by Gasteiger charge is -2.36. The summed E-state index contributed by atoms with van der Waals surface area (Å²) in [7, 11) is 1.92. The van der Waals surface area contributed by atoms with Crippen LogP contribution in [0.2, 0.25) is 0 Å². The Hall–Kier alpha value is -3.13. The number of unbranched alkanes of at least 4 members (excludes halogenated alkanes) is 3. The molecule has 0 unspecified atom stereocenters. The van der Waals surface area contributed by atoms with Gasteiger partial charge in [0.15, 0.2) is 5.67 Å². The minimum Gasteiger partial charge on any atom is -0.391 e. The molecule has 0 radical (unpaired) electrons. The van der Waals surface area contributed by atoms with Gasteiger partial charge >= 0.3 is 0 Å². The van der Waals surface area contributed by atoms with Gasteiger partial charge in [0.05, 0.1) is 34.6 Å². The standard InChI is InChI=1S/C35H51FN6O5S.ClH/c1-22-29(48-21-39-22)24-12-10-23(11-13-24)26(19-28(44)38-17-9-7-6-8-16-37-5)40-31(45)27-18-25(43)20-42(27)32(46)30(34(2,3)4)41-33(47)35(36)14-15-35;/h10-13,21,25-27,30,37,43H,6-9,14-20H2,1-5H3,(H,38,44)(H,40,45)(H,41,47);1H/t25-,26+,27+,30-;/m1./s1. The summed E-state index contributed by atoms with van der Waals surface area (Å²) in [5.74, 6) is -2.14. The number of halogens is 2. The first-order chi connectivity index (χ1) is 22.7. The van der Waals surface area contributed by atoms with E-state index in [1.165, 1.54) is 16.2 Å². The number of likely N-dealkylation sites (tertiary alicyclic amines) is 1. The fourth-order valence-electron chi connectivity index (χ4n) is 5.95. The number of aliphatic hydroxyl groups is 1. The van der Waals surface area contributed by atoms with Gasteiger partial charge in [-0.1, -0.05) is 57.9 Å². The normalized spacial score (nSPS) is 19.4. The van der Waals surface area contributed by atoms with Gasteiger partial charge in [0.2, 0.25) is 17.7 Å². The van der Waals surface area contributed by atoms with Gasteiger partial charge in [-0.05, 0) is 62.7 Å². The highest BCUT2D eigenvalue weighted by Gasteiger charge is 2.53. The van der Waals surface area contributed by atoms with E-state index in [-0.39, 0.29) is 50.5 Å². The van der Waals surface area contributed by atoms with Crippen molar-refractivity contribution in [1.82, 2.24) is 31.2 Å². The van der Waals surface area contributed by atoms with Crippen molar-refractivity contribution in [2.45, 2.75) is 109 Å². The number of benzene rings is 1. The number of hydrogen-bond acceptors (Lipinski definition) is 8. The second-order valence-corrected chi connectivity index (χ2v) is 15.0. The number of aromatic nitrogens is 1. The van der Waals surface area contributed by atoms with Crippen molar-refractivity contribution >= 4 is 47.4 Å². The van der Waals surface area contributed by atoms with Gasteiger partial charge in [-0.25, -0.2) is 9.37 Å². The fraction of sp³-hybridized carbons (Fsp3) is 0.629. The largest absolute Gasteiger partial charge is 0.391 e. The molecule has 1 saturated carbocycles. The second-order valence-electron chi connectivity index (χ2n) is 14.2. The molecule has 272 valence electrons. The Kier molecular flexibility index (Phi) is 14.5. The number of alkyl halides is 1. The van der Waals surface area contributed by atoms with E-state index in [0.717, 1.165) is 48.4 Å². The molecule has 2 fully saturated rings. The van der Waals surface area contributed by atoms with Crippen molar-refractivity contribution in [3.63, 3.8) is 0 Å². The number of carbonyl (C=O) groups excluding carboxylic acids is 4. The molecule has 1 aliphatic heterocycles. The summed E-state index contributed by atoms with van der Waals surface area (Å²) >= 11 is 1.53. The Balaban J connectivity index is 0.00000650. The first kappa shape index (κ1) is 40.3. The molecule has 4 amide bonds. The molecule has 1 saturated heterocycles. The molecule has 49 heavy (non-hydrogen) atoms. The number of β-amino-alcohol motifs (C(OH)–C–C–N with tert-alkyl or cyclic N) is 1. The van der Waals surface area contributed by atoms with Crippen LogP contribution in [-0.2, 0) is 19.2 Å². The fourth-order valence-corrected chi connectivity index (χ4v) is 6.76. The highest BCUT2D eigenvalue weighted by molar-refractivity contribution is 7.13. The van der Waals surface area contributed by atoms with Gasteiger partial charge in [0.25, 0.3) is 5.91 Å². The molecule has 0 spiro atoms. The van der Waals surface area contributed by atoms with Gasteiger partial charge in [0, 0.05) is 19.5 Å². The van der Waals surface area contributed by atoms with Crippen LogP contribution in [0.5, 0.6) is 0 Å². The summed E-state index contributed by atoms with van der Waals surface area (Å²) < 4.78 is 14.6. The average Bonchev–Trinajstić information content (AvgIpc) is 3.44. The molecule has 0 bridgehead atoms. The lowest BCUT2D eigenvalue weighted by Crippen LogP contribution is -2.59. The number of rotatable bonds is 16. The topological polar surface area (TPSA) is 153 Å². The summed E-state index contributed by atoms with van der Waals surface area (Å²) in [5, 5.41) is 22.3. The number of thiazole rings is 1. The number of aryl methyl sites for hydroxylation is 1. The predicted molar refractivity (Wildman–Crippen MR) is 191 cm³/mol. The van der Waals surface area contributed by atoms with Gasteiger partial charge in [-0.2, -0.15) is 0 Å². The predicted octanol–water partition coefficient (Wildman–Crippen LogP) is 3.98. The van der Waals surface area contributed by atoms with E-state index in [4.69, 9.17) is 0 Å². The van der Waals surface area contributed by atoms with Crippen LogP contribution >= 0.6 is 23.7 Å². The first-order valence-corrected chi connectivity index (χ1v) is 17.8. The molecule has 2 aliphatic rings. The summed E-state index contributed by atoms with van der Waals surface area (Å²) in [6.45, 7) is 8.58. The van der Waals surface area contributed by atoms with Crippen molar-refractivity contribution in [2.24, 2.45) is 5.41 Å². The van der Waals surface area contributed by atoms with E-state index < -0.39 is 53.0 Å². The maximum atomic E-state index is 14.6. The minimum absolute atomic E-state index is 0. The zero-order valence-corrected chi connectivity index (χ0v) is 30.8. The Morgan fingerprint density at radius 2 is 1.71 bits per heavy atom. The van der Waals surface area contributed by atoms with Crippen molar-refractivity contribution in [2.75, 3.05) is 26.7 Å². The van der Waals surface area contributed by atoms with E-state index >= 15 is 0 Å². The molecule has 2 heterocycles. The molecule has 1 aromatic heterocycles. The molecule has 14 heteroatoms. The van der Waals surface area contributed by atoms with Crippen molar-refractivity contribution in [3.05, 3.63) is 41.0 Å². The zero-order valence-electron chi connectivity index (χ0n) is 29.1. The Morgan fingerprint density at radius 3 is 2.29 bits per heavy atom. The third kappa shape index (κ3) is 10.9. The van der Waals surface area contributed by atoms with Crippen molar-refractivity contribution < 1.29 is 28.7 Å². The number of aliphatic hydroxyl groups excluding tert-OH is 1. The lowest BCUT2D eigenvalue weighted by molar-refractivity contribution is -0.145. The smallest absolute Gasteiger partial charge is 0.258 e. The number of amides is 4. The van der Waals surface area contributed by atoms with Crippen LogP contribution < -0.4 is 21.3 Å². The Bertz CT molecular complexity index is 1430. The molecule has 4 atom stereocenters. The lowest BCUT2D eigenvalue weighted by atomic mass is 9.85. The SMILES string of the molecule is CNCCCCCCNC(=O)C[C@H](NC(=O)[C@@H]1C[C@@H](O)CN1C(=O)[C@@H](NC(=O)C1(F)CC1)C(C)(C)C)c1ccc(-c2scnc2C)cc1.Cl. The van der Waals surface area contributed by atoms with Crippen LogP contribution in [0.1, 0.15) is 89.4 Å². The molecular formula is C35H52ClFN6O5S. The summed E-state index contributed by atoms with van der Waals surface area (Å²) in [6.07, 6.45) is 3.20. The van der Waals surface area contributed by atoms with Crippen LogP contribution in [0.15, 0.2) is 29.8 Å². The number of hydrogen-bond donors (Lipinski definition) is 5. The molecule has 5 N–H and O–H groups in total. The maximum absolute atomic E-state index is 14.6. The third-order valence-corrected chi connectivity index (χ3v) is 10.0. The molecular weight excluding hydrogens is 671 g/mol. The number of nitrogens with one attached hydrogen (secondary N) is 4. The maximum Gasteiger partial charge on any atom is 0.258 e. The highest BCUT2D eigenvalue weighted by atomic mass is 35.5. The van der Waals surface area contributed by atoms with E-state index in [1.54, 1.807) is 26.3 Å². The van der Waals surface area contributed by atoms with Gasteiger partial charge in [-0.3, -0.25) is 19.2 Å². The monoisotopic (exact) mass is 722 g/mol. The van der Waals surface area contributed by atoms with Crippen molar-refractivity contribution in [1.29, 1.82) is 0 Å². The summed E-state index contributed by atoms with van der Waals surface area (Å²) in [4.78, 5) is 60.2. The quantitative estimate of drug-likeness (QED) is 0.165. The minimum atomic E-state index is -1.97. The van der Waals surface area contributed by atoms with Crippen LogP contribution in [0.25, 0.3) is 10.4 Å². The van der Waals surface area contributed by atoms with Gasteiger partial charge in [0.1, 0.15) is 12.1 Å². The molecule has 11 nitrogen and oxygen atoms in total. The number of carbonyl (C=O) groups is 4. The average molecular weight is 723 g/mol. The zero-order chi connectivity index (χ0) is 35.1. The molecule has 1 aromatic carbocycles. The third-order valence-electron chi connectivity index (χ3n) is 9.05. The van der Waals surface area contributed by atoms with Crippen molar-refractivity contribution in [3.8, 4) is 10.4 Å². The first-order valence-electron chi connectivity index (χ1n) is 16.9. The van der Waals surface area contributed by atoms with E-state index in [2.05, 4.69) is 26.3 Å². The Labute approximate surface area is 299 Å². The van der Waals surface area contributed by atoms with Crippen LogP contribution in [0.3, 0.4) is 0 Å². The van der Waals surface area contributed by atoms with E-state index in [1.807, 2.05) is 38.2 Å². The summed E-state index contributed by atoms with van der Waals surface area (Å²) in [6, 6.07) is 4.74. The van der Waals surface area contributed by atoms with Gasteiger partial charge in [-0.15, -0.1) is 23.7 Å². The van der Waals surface area contributed by atoms with E-state index in [0.29, 0.717) is 12.1 Å². The highest BCUT2D eigenvalue weighted by Crippen LogP contribution is 2.40. The molecule has 1 aliphatic carbocycles. The van der Waals surface area contributed by atoms with Crippen LogP contribution in [0, 0.1) is 12.3 Å².